The lowest BCUT2D eigenvalue weighted by Gasteiger charge is -2.34. The van der Waals surface area contributed by atoms with E-state index in [1.165, 1.54) is 40.9 Å². The van der Waals surface area contributed by atoms with Gasteiger partial charge in [-0.1, -0.05) is 41.4 Å². The molecule has 2 aliphatic heterocycles. The van der Waals surface area contributed by atoms with Crippen LogP contribution in [0.25, 0.3) is 0 Å². The van der Waals surface area contributed by atoms with E-state index in [0.717, 1.165) is 77.3 Å². The third-order valence-corrected chi connectivity index (χ3v) is 19.3. The van der Waals surface area contributed by atoms with Crippen molar-refractivity contribution in [3.63, 3.8) is 0 Å². The molecule has 6 aromatic rings. The Morgan fingerprint density at radius 3 is 1.35 bits per heavy atom. The number of aromatic nitrogens is 2. The van der Waals surface area contributed by atoms with Crippen molar-refractivity contribution >= 4 is 76.2 Å². The highest BCUT2D eigenvalue weighted by molar-refractivity contribution is 7.89. The number of hydrogen-bond acceptors (Lipinski definition) is 10. The van der Waals surface area contributed by atoms with E-state index in [0.29, 0.717) is 80.0 Å². The molecule has 18 heteroatoms. The van der Waals surface area contributed by atoms with Crippen molar-refractivity contribution in [2.45, 2.75) is 78.0 Å². The van der Waals surface area contributed by atoms with Crippen LogP contribution in [0.5, 0.6) is 0 Å². The highest BCUT2D eigenvalue weighted by Crippen LogP contribution is 2.33. The van der Waals surface area contributed by atoms with E-state index in [1.54, 1.807) is 26.8 Å². The summed E-state index contributed by atoms with van der Waals surface area (Å²) in [5.41, 5.74) is 10.7. The number of hydrogen-bond donors (Lipinski definition) is 0. The van der Waals surface area contributed by atoms with Gasteiger partial charge in [-0.3, -0.25) is 0 Å². The van der Waals surface area contributed by atoms with Crippen molar-refractivity contribution in [2.75, 3.05) is 62.2 Å². The van der Waals surface area contributed by atoms with Gasteiger partial charge in [-0.2, -0.15) is 8.61 Å². The quantitative estimate of drug-likeness (QED) is 0.134. The molecule has 2 aliphatic rings. The molecule has 0 aliphatic carbocycles. The second kappa shape index (κ2) is 20.3. The largest absolute Gasteiger partial charge is 0.345 e. The monoisotopic (exact) mass is 1010 g/mol. The summed E-state index contributed by atoms with van der Waals surface area (Å²) in [5, 5.41) is 6.14. The van der Waals surface area contributed by atoms with E-state index < -0.39 is 25.9 Å². The van der Waals surface area contributed by atoms with Crippen LogP contribution < -0.4 is 9.80 Å². The van der Waals surface area contributed by atoms with E-state index in [-0.39, 0.29) is 10.8 Å². The molecule has 0 saturated carbocycles. The summed E-state index contributed by atoms with van der Waals surface area (Å²) in [6.07, 6.45) is 1.06. The highest BCUT2D eigenvalue weighted by atomic mass is 35.5. The number of nitrogens with zero attached hydrogens (tertiary/aromatic N) is 6. The molecule has 2 fully saturated rings. The summed E-state index contributed by atoms with van der Waals surface area (Å²) in [5.74, 6) is -0.794. The minimum Gasteiger partial charge on any atom is -0.345 e. The van der Waals surface area contributed by atoms with Crippen molar-refractivity contribution in [1.29, 1.82) is 0 Å². The fourth-order valence-corrected chi connectivity index (χ4v) is 14.7. The number of rotatable bonds is 10. The lowest BCUT2D eigenvalue weighted by atomic mass is 10.0. The Bertz CT molecular complexity index is 2930. The van der Waals surface area contributed by atoms with Gasteiger partial charge in [0.25, 0.3) is 0 Å². The normalized spacial score (nSPS) is 15.3. The van der Waals surface area contributed by atoms with E-state index >= 15 is 0 Å². The van der Waals surface area contributed by atoms with Crippen LogP contribution in [0.15, 0.2) is 69.1 Å². The first-order chi connectivity index (χ1) is 31.1. The van der Waals surface area contributed by atoms with Crippen molar-refractivity contribution in [1.82, 2.24) is 18.6 Å². The van der Waals surface area contributed by atoms with Gasteiger partial charge >= 0.3 is 0 Å². The van der Waals surface area contributed by atoms with Crippen LogP contribution in [0.3, 0.4) is 0 Å². The summed E-state index contributed by atoms with van der Waals surface area (Å²) >= 11 is 14.9. The van der Waals surface area contributed by atoms with Crippen molar-refractivity contribution in [3.05, 3.63) is 148 Å². The Balaban J connectivity index is 0.000000196. The number of benzene rings is 4. The molecule has 352 valence electrons. The predicted octanol–water partition coefficient (Wildman–Crippen LogP) is 10.5. The molecule has 8 rings (SSSR count). The topological polar surface area (TPSA) is 107 Å². The zero-order valence-corrected chi connectivity index (χ0v) is 43.1. The Hall–Kier alpha value is -4.00. The van der Waals surface area contributed by atoms with Gasteiger partial charge in [0.1, 0.15) is 11.6 Å². The maximum atomic E-state index is 13.6. The lowest BCUT2D eigenvalue weighted by molar-refractivity contribution is 0.383. The van der Waals surface area contributed by atoms with E-state index in [9.17, 15) is 25.6 Å². The summed E-state index contributed by atoms with van der Waals surface area (Å²) < 4.78 is 84.1. The molecule has 66 heavy (non-hydrogen) atoms. The number of halogens is 4. The van der Waals surface area contributed by atoms with Gasteiger partial charge in [0.15, 0.2) is 10.3 Å². The highest BCUT2D eigenvalue weighted by Gasteiger charge is 2.34. The minimum absolute atomic E-state index is 0.106. The van der Waals surface area contributed by atoms with Crippen LogP contribution in [-0.4, -0.2) is 87.8 Å². The van der Waals surface area contributed by atoms with E-state index in [2.05, 4.69) is 9.80 Å². The molecule has 4 heterocycles. The molecular weight excluding hydrogens is 962 g/mol. The van der Waals surface area contributed by atoms with Crippen molar-refractivity contribution < 1.29 is 25.6 Å². The third kappa shape index (κ3) is 10.8. The van der Waals surface area contributed by atoms with Crippen molar-refractivity contribution in [3.8, 4) is 0 Å². The average Bonchev–Trinajstić information content (AvgIpc) is 3.94. The maximum Gasteiger partial charge on any atom is 0.243 e. The maximum absolute atomic E-state index is 13.6. The smallest absolute Gasteiger partial charge is 0.243 e. The minimum atomic E-state index is -3.58. The first kappa shape index (κ1) is 49.9. The summed E-state index contributed by atoms with van der Waals surface area (Å²) in [4.78, 5) is 14.5. The standard InChI is InChI=1S/2C24H27ClFN3O2S2/c1-15-9-16(2)18(4)23(17(15)3)33(30,31)29-7-5-28(6-8-29)24-27-22(14-32-24)12-19-10-20(25)13-21(26)11-19;1-15-11-16(2)18(4)23(17(15)3)33(30,31)29-9-7-28(8-10-29)24-27-20(14-32-24)12-19-5-6-22(26)21(25)13-19/h9-11,13-14H,5-8,12H2,1-4H3;5-6,11,13-14H,7-10,12H2,1-4H3. The number of anilines is 2. The number of thiazole rings is 2. The Labute approximate surface area is 405 Å². The first-order valence-corrected chi connectivity index (χ1v) is 27.0. The molecule has 0 amide bonds. The Morgan fingerprint density at radius 1 is 0.545 bits per heavy atom. The predicted molar refractivity (Wildman–Crippen MR) is 265 cm³/mol. The van der Waals surface area contributed by atoms with Gasteiger partial charge in [0.05, 0.1) is 26.2 Å². The van der Waals surface area contributed by atoms with E-state index in [1.807, 2.05) is 78.3 Å². The molecule has 0 unspecified atom stereocenters. The molecule has 0 radical (unpaired) electrons. The zero-order chi connectivity index (χ0) is 47.8. The summed E-state index contributed by atoms with van der Waals surface area (Å²) in [7, 11) is -7.15. The SMILES string of the molecule is Cc1cc(C)c(C)c(S(=O)(=O)N2CCN(c3nc(Cc4cc(F)cc(Cl)c4)cs3)CC2)c1C.Cc1cc(C)c(C)c(S(=O)(=O)N2CCN(c3nc(Cc4ccc(F)c(Cl)c4)cs3)CC2)c1C. The molecule has 0 atom stereocenters. The molecule has 2 aromatic heterocycles. The average molecular weight is 1020 g/mol. The Kier molecular flexibility index (Phi) is 15.3. The molecule has 2 saturated heterocycles. The third-order valence-electron chi connectivity index (χ3n) is 12.6. The van der Waals surface area contributed by atoms with Crippen LogP contribution in [-0.2, 0) is 32.9 Å². The second-order valence-corrected chi connectivity index (χ2v) is 23.4. The summed E-state index contributed by atoms with van der Waals surface area (Å²) in [6, 6.07) is 13.3. The number of sulfonamides is 2. The lowest BCUT2D eigenvalue weighted by Crippen LogP contribution is -2.49. The molecule has 0 bridgehead atoms. The molecule has 0 N–H and O–H groups in total. The van der Waals surface area contributed by atoms with Gasteiger partial charge in [-0.05, 0) is 141 Å². The molecule has 4 aromatic carbocycles. The van der Waals surface area contributed by atoms with Crippen LogP contribution >= 0.6 is 45.9 Å². The first-order valence-electron chi connectivity index (χ1n) is 21.6. The zero-order valence-electron chi connectivity index (χ0n) is 38.3. The molecular formula is C48H54Cl2F2N6O4S4. The summed E-state index contributed by atoms with van der Waals surface area (Å²) in [6.45, 7) is 19.3. The number of piperazine rings is 2. The van der Waals surface area contributed by atoms with E-state index in [4.69, 9.17) is 33.2 Å². The Morgan fingerprint density at radius 2 is 0.955 bits per heavy atom. The van der Waals surface area contributed by atoms with Gasteiger partial charge in [0.2, 0.25) is 20.0 Å². The van der Waals surface area contributed by atoms with Crippen molar-refractivity contribution in [2.24, 2.45) is 0 Å². The van der Waals surface area contributed by atoms with Gasteiger partial charge in [-0.25, -0.2) is 35.6 Å². The van der Waals surface area contributed by atoms with Crippen LogP contribution in [0, 0.1) is 67.0 Å². The fraction of sp³-hybridized carbons (Fsp3) is 0.375. The molecule has 0 spiro atoms. The van der Waals surface area contributed by atoms with Gasteiger partial charge < -0.3 is 9.80 Å². The van der Waals surface area contributed by atoms with Crippen LogP contribution in [0.4, 0.5) is 19.0 Å². The molecule has 10 nitrogen and oxygen atoms in total. The van der Waals surface area contributed by atoms with Crippen LogP contribution in [0.1, 0.15) is 67.0 Å². The van der Waals surface area contributed by atoms with Gasteiger partial charge in [0, 0.05) is 81.0 Å². The number of aryl methyl sites for hydroxylation is 4. The fourth-order valence-electron chi connectivity index (χ4n) is 8.46. The van der Waals surface area contributed by atoms with Crippen LogP contribution in [0.2, 0.25) is 10.0 Å². The second-order valence-electron chi connectivity index (χ2n) is 17.1. The van der Waals surface area contributed by atoms with Gasteiger partial charge in [-0.15, -0.1) is 22.7 Å².